The molecule has 1 saturated carbocycles. The molecule has 116 valence electrons. The van der Waals surface area contributed by atoms with Gasteiger partial charge in [0.1, 0.15) is 0 Å². The standard InChI is InChI=1S/C16H30N2OS/c1-5-7-15-17-12(10-11(2)3)16(19)18(15)13-8-6-9-14(13)20-4/h11-15,17H,5-10H2,1-4H3. The SMILES string of the molecule is CCCC1NC(CC(C)C)C(=O)N1C1CCCC1SC. The molecular formula is C16H30N2OS. The minimum absolute atomic E-state index is 0.0506. The third-order valence-electron chi connectivity index (χ3n) is 4.63. The number of carbonyl (C=O) groups excluding carboxylic acids is 1. The summed E-state index contributed by atoms with van der Waals surface area (Å²) in [5, 5.41) is 4.25. The van der Waals surface area contributed by atoms with Crippen LogP contribution in [0.5, 0.6) is 0 Å². The molecule has 1 saturated heterocycles. The third-order valence-corrected chi connectivity index (χ3v) is 5.78. The van der Waals surface area contributed by atoms with Gasteiger partial charge in [0.05, 0.1) is 12.2 Å². The van der Waals surface area contributed by atoms with Gasteiger partial charge in [-0.3, -0.25) is 10.1 Å². The molecule has 3 nitrogen and oxygen atoms in total. The van der Waals surface area contributed by atoms with Gasteiger partial charge in [0.15, 0.2) is 0 Å². The van der Waals surface area contributed by atoms with Crippen LogP contribution in [-0.4, -0.2) is 40.6 Å². The van der Waals surface area contributed by atoms with Crippen LogP contribution in [0.1, 0.15) is 59.3 Å². The Kier molecular flexibility index (Phi) is 5.79. The van der Waals surface area contributed by atoms with Crippen LogP contribution in [0.4, 0.5) is 0 Å². The molecule has 4 unspecified atom stereocenters. The molecule has 2 fully saturated rings. The Hall–Kier alpha value is -0.220. The molecule has 2 rings (SSSR count). The molecule has 1 N–H and O–H groups in total. The van der Waals surface area contributed by atoms with Gasteiger partial charge in [0.2, 0.25) is 5.91 Å². The number of amides is 1. The van der Waals surface area contributed by atoms with E-state index in [9.17, 15) is 4.79 Å². The molecule has 0 bridgehead atoms. The zero-order chi connectivity index (χ0) is 14.7. The summed E-state index contributed by atoms with van der Waals surface area (Å²) in [5.41, 5.74) is 0. The Morgan fingerprint density at radius 1 is 1.40 bits per heavy atom. The molecule has 20 heavy (non-hydrogen) atoms. The van der Waals surface area contributed by atoms with Crippen LogP contribution in [-0.2, 0) is 4.79 Å². The molecule has 1 aliphatic carbocycles. The van der Waals surface area contributed by atoms with Gasteiger partial charge in [-0.25, -0.2) is 0 Å². The molecule has 0 aromatic rings. The summed E-state index contributed by atoms with van der Waals surface area (Å²) in [6.07, 6.45) is 9.37. The smallest absolute Gasteiger partial charge is 0.241 e. The molecule has 0 radical (unpaired) electrons. The van der Waals surface area contributed by atoms with Crippen molar-refractivity contribution < 1.29 is 4.79 Å². The maximum Gasteiger partial charge on any atom is 0.241 e. The zero-order valence-electron chi connectivity index (χ0n) is 13.4. The Morgan fingerprint density at radius 2 is 2.15 bits per heavy atom. The van der Waals surface area contributed by atoms with E-state index in [1.807, 2.05) is 11.8 Å². The van der Waals surface area contributed by atoms with Gasteiger partial charge in [-0.15, -0.1) is 0 Å². The maximum atomic E-state index is 12.8. The second-order valence-electron chi connectivity index (χ2n) is 6.67. The maximum absolute atomic E-state index is 12.8. The van der Waals surface area contributed by atoms with Crippen molar-refractivity contribution in [2.75, 3.05) is 6.26 Å². The first-order valence-electron chi connectivity index (χ1n) is 8.19. The van der Waals surface area contributed by atoms with E-state index in [1.54, 1.807) is 0 Å². The zero-order valence-corrected chi connectivity index (χ0v) is 14.2. The summed E-state index contributed by atoms with van der Waals surface area (Å²) >= 11 is 1.94. The number of nitrogens with one attached hydrogen (secondary N) is 1. The minimum Gasteiger partial charge on any atom is -0.322 e. The second kappa shape index (κ2) is 7.17. The average molecular weight is 298 g/mol. The Labute approximate surface area is 128 Å². The third kappa shape index (κ3) is 3.33. The van der Waals surface area contributed by atoms with E-state index in [0.29, 0.717) is 23.1 Å². The summed E-state index contributed by atoms with van der Waals surface area (Å²) in [7, 11) is 0. The van der Waals surface area contributed by atoms with Gasteiger partial charge in [0, 0.05) is 11.3 Å². The molecule has 4 atom stereocenters. The fourth-order valence-corrected chi connectivity index (χ4v) is 4.73. The van der Waals surface area contributed by atoms with Crippen molar-refractivity contribution >= 4 is 17.7 Å². The van der Waals surface area contributed by atoms with Crippen LogP contribution in [0.2, 0.25) is 0 Å². The first kappa shape index (κ1) is 16.2. The highest BCUT2D eigenvalue weighted by Crippen LogP contribution is 2.36. The Morgan fingerprint density at radius 3 is 2.75 bits per heavy atom. The van der Waals surface area contributed by atoms with Crippen molar-refractivity contribution in [3.8, 4) is 0 Å². The Balaban J connectivity index is 2.12. The first-order valence-corrected chi connectivity index (χ1v) is 9.48. The fraction of sp³-hybridized carbons (Fsp3) is 0.938. The van der Waals surface area contributed by atoms with E-state index < -0.39 is 0 Å². The molecule has 1 aliphatic heterocycles. The lowest BCUT2D eigenvalue weighted by molar-refractivity contribution is -0.132. The van der Waals surface area contributed by atoms with Crippen LogP contribution in [0.3, 0.4) is 0 Å². The fourth-order valence-electron chi connectivity index (χ4n) is 3.75. The normalized spacial score (nSPS) is 34.5. The lowest BCUT2D eigenvalue weighted by Gasteiger charge is -2.33. The lowest BCUT2D eigenvalue weighted by atomic mass is 10.0. The molecule has 0 aromatic heterocycles. The molecule has 1 amide bonds. The topological polar surface area (TPSA) is 32.3 Å². The lowest BCUT2D eigenvalue weighted by Crippen LogP contribution is -2.47. The highest BCUT2D eigenvalue weighted by molar-refractivity contribution is 7.99. The van der Waals surface area contributed by atoms with Crippen molar-refractivity contribution in [1.29, 1.82) is 0 Å². The minimum atomic E-state index is 0.0506. The Bertz CT molecular complexity index is 334. The molecule has 0 spiro atoms. The highest BCUT2D eigenvalue weighted by atomic mass is 32.2. The van der Waals surface area contributed by atoms with E-state index in [1.165, 1.54) is 19.3 Å². The van der Waals surface area contributed by atoms with Crippen LogP contribution in [0.15, 0.2) is 0 Å². The van der Waals surface area contributed by atoms with Gasteiger partial charge in [-0.05, 0) is 37.9 Å². The molecule has 0 aromatic carbocycles. The number of carbonyl (C=O) groups is 1. The largest absolute Gasteiger partial charge is 0.322 e. The first-order chi connectivity index (χ1) is 9.58. The van der Waals surface area contributed by atoms with Crippen LogP contribution >= 0.6 is 11.8 Å². The number of nitrogens with zero attached hydrogens (tertiary/aromatic N) is 1. The van der Waals surface area contributed by atoms with E-state index in [-0.39, 0.29) is 12.2 Å². The van der Waals surface area contributed by atoms with Gasteiger partial charge in [0.25, 0.3) is 0 Å². The summed E-state index contributed by atoms with van der Waals surface area (Å²) in [5.74, 6) is 0.932. The van der Waals surface area contributed by atoms with E-state index in [4.69, 9.17) is 0 Å². The molecule has 2 aliphatic rings. The summed E-state index contributed by atoms with van der Waals surface area (Å²) < 4.78 is 0. The van der Waals surface area contributed by atoms with E-state index in [2.05, 4.69) is 37.2 Å². The van der Waals surface area contributed by atoms with E-state index >= 15 is 0 Å². The van der Waals surface area contributed by atoms with Gasteiger partial charge in [-0.1, -0.05) is 33.6 Å². The monoisotopic (exact) mass is 298 g/mol. The van der Waals surface area contributed by atoms with Crippen molar-refractivity contribution in [3.63, 3.8) is 0 Å². The quantitative estimate of drug-likeness (QED) is 0.817. The summed E-state index contributed by atoms with van der Waals surface area (Å²) in [4.78, 5) is 15.1. The summed E-state index contributed by atoms with van der Waals surface area (Å²) in [6, 6.07) is 0.508. The van der Waals surface area contributed by atoms with Crippen LogP contribution < -0.4 is 5.32 Å². The number of hydrogen-bond donors (Lipinski definition) is 1. The average Bonchev–Trinajstić information content (AvgIpc) is 2.95. The predicted octanol–water partition coefficient (Wildman–Crippen LogP) is 3.24. The highest BCUT2D eigenvalue weighted by Gasteiger charge is 2.45. The van der Waals surface area contributed by atoms with Gasteiger partial charge >= 0.3 is 0 Å². The van der Waals surface area contributed by atoms with Crippen LogP contribution in [0.25, 0.3) is 0 Å². The van der Waals surface area contributed by atoms with Crippen molar-refractivity contribution in [2.24, 2.45) is 5.92 Å². The predicted molar refractivity (Wildman–Crippen MR) is 86.9 cm³/mol. The second-order valence-corrected chi connectivity index (χ2v) is 7.75. The van der Waals surface area contributed by atoms with Gasteiger partial charge < -0.3 is 4.90 Å². The van der Waals surface area contributed by atoms with Crippen molar-refractivity contribution in [2.45, 2.75) is 82.8 Å². The molecule has 1 heterocycles. The van der Waals surface area contributed by atoms with Crippen molar-refractivity contribution in [1.82, 2.24) is 10.2 Å². The van der Waals surface area contributed by atoms with Gasteiger partial charge in [-0.2, -0.15) is 11.8 Å². The number of thioether (sulfide) groups is 1. The van der Waals surface area contributed by atoms with Crippen LogP contribution in [0, 0.1) is 5.92 Å². The van der Waals surface area contributed by atoms with Crippen molar-refractivity contribution in [3.05, 3.63) is 0 Å². The molecular weight excluding hydrogens is 268 g/mol. The number of hydrogen-bond acceptors (Lipinski definition) is 3. The summed E-state index contributed by atoms with van der Waals surface area (Å²) in [6.45, 7) is 6.61. The molecule has 4 heteroatoms. The van der Waals surface area contributed by atoms with E-state index in [0.717, 1.165) is 19.3 Å². The number of rotatable bonds is 6.